The van der Waals surface area contributed by atoms with E-state index >= 15 is 0 Å². The zero-order valence-corrected chi connectivity index (χ0v) is 8.96. The van der Waals surface area contributed by atoms with Crippen molar-refractivity contribution in [3.63, 3.8) is 0 Å². The Morgan fingerprint density at radius 2 is 2.31 bits per heavy atom. The fourth-order valence-electron chi connectivity index (χ4n) is 1.59. The molecule has 0 aromatic carbocycles. The van der Waals surface area contributed by atoms with Crippen LogP contribution in [0.4, 0.5) is 5.95 Å². The third-order valence-electron chi connectivity index (χ3n) is 2.26. The van der Waals surface area contributed by atoms with Gasteiger partial charge in [0.05, 0.1) is 5.69 Å². The predicted octanol–water partition coefficient (Wildman–Crippen LogP) is 2.59. The summed E-state index contributed by atoms with van der Waals surface area (Å²) in [6.45, 7) is 6.46. The third-order valence-corrected chi connectivity index (χ3v) is 2.26. The van der Waals surface area contributed by atoms with E-state index in [0.29, 0.717) is 6.04 Å². The minimum Gasteiger partial charge on any atom is -0.359 e. The highest BCUT2D eigenvalue weighted by Crippen LogP contribution is 2.19. The van der Waals surface area contributed by atoms with Crippen LogP contribution in [0.5, 0.6) is 0 Å². The molecule has 1 atom stereocenters. The van der Waals surface area contributed by atoms with Crippen LogP contribution in [0, 0.1) is 6.92 Å². The van der Waals surface area contributed by atoms with Gasteiger partial charge in [-0.15, -0.1) is 0 Å². The van der Waals surface area contributed by atoms with Gasteiger partial charge in [0.2, 0.25) is 5.95 Å². The van der Waals surface area contributed by atoms with Crippen molar-refractivity contribution in [2.75, 3.05) is 12.4 Å². The van der Waals surface area contributed by atoms with Crippen molar-refractivity contribution in [3.05, 3.63) is 11.9 Å². The lowest BCUT2D eigenvalue weighted by Gasteiger charge is -2.14. The molecule has 1 rings (SSSR count). The molecule has 3 nitrogen and oxygen atoms in total. The monoisotopic (exact) mass is 181 g/mol. The molecule has 1 unspecified atom stereocenters. The molecular formula is C10H19N3. The zero-order chi connectivity index (χ0) is 9.84. The standard InChI is InChI=1S/C10H19N3/c1-5-6-9(3)13-7-8(2)12-10(13)11-4/h7,9H,5-6H2,1-4H3,(H,11,12). The molecule has 0 saturated carbocycles. The maximum atomic E-state index is 4.38. The Morgan fingerprint density at radius 3 is 2.85 bits per heavy atom. The fraction of sp³-hybridized carbons (Fsp3) is 0.700. The summed E-state index contributed by atoms with van der Waals surface area (Å²) >= 11 is 0. The Balaban J connectivity index is 2.84. The number of hydrogen-bond acceptors (Lipinski definition) is 2. The number of imidazole rings is 1. The number of rotatable bonds is 4. The SMILES string of the molecule is CCCC(C)n1cc(C)nc1NC. The van der Waals surface area contributed by atoms with E-state index in [1.54, 1.807) is 0 Å². The third kappa shape index (κ3) is 2.23. The highest BCUT2D eigenvalue weighted by Gasteiger charge is 2.09. The molecule has 0 amide bonds. The fourth-order valence-corrected chi connectivity index (χ4v) is 1.59. The number of aromatic nitrogens is 2. The van der Waals surface area contributed by atoms with Crippen LogP contribution in [-0.2, 0) is 0 Å². The average Bonchev–Trinajstić information content (AvgIpc) is 2.47. The maximum absolute atomic E-state index is 4.38. The Hall–Kier alpha value is -0.990. The van der Waals surface area contributed by atoms with Gasteiger partial charge in [-0.25, -0.2) is 4.98 Å². The minimum atomic E-state index is 0.536. The zero-order valence-electron chi connectivity index (χ0n) is 8.96. The van der Waals surface area contributed by atoms with Gasteiger partial charge in [0, 0.05) is 19.3 Å². The molecule has 0 bridgehead atoms. The highest BCUT2D eigenvalue weighted by molar-refractivity contribution is 5.28. The topological polar surface area (TPSA) is 29.9 Å². The van der Waals surface area contributed by atoms with E-state index in [9.17, 15) is 0 Å². The smallest absolute Gasteiger partial charge is 0.203 e. The molecule has 13 heavy (non-hydrogen) atoms. The summed E-state index contributed by atoms with van der Waals surface area (Å²) in [4.78, 5) is 4.38. The molecule has 0 fully saturated rings. The molecule has 0 radical (unpaired) electrons. The summed E-state index contributed by atoms with van der Waals surface area (Å²) < 4.78 is 2.21. The average molecular weight is 181 g/mol. The highest BCUT2D eigenvalue weighted by atomic mass is 15.2. The number of nitrogens with one attached hydrogen (secondary N) is 1. The lowest BCUT2D eigenvalue weighted by Crippen LogP contribution is -2.07. The Labute approximate surface area is 80.2 Å². The van der Waals surface area contributed by atoms with E-state index in [4.69, 9.17) is 0 Å². The van der Waals surface area contributed by atoms with Gasteiger partial charge >= 0.3 is 0 Å². The first-order chi connectivity index (χ1) is 6.19. The molecule has 1 aromatic rings. The quantitative estimate of drug-likeness (QED) is 0.773. The summed E-state index contributed by atoms with van der Waals surface area (Å²) in [6.07, 6.45) is 4.51. The van der Waals surface area contributed by atoms with E-state index in [1.165, 1.54) is 12.8 Å². The van der Waals surface area contributed by atoms with Crippen molar-refractivity contribution >= 4 is 5.95 Å². The first kappa shape index (κ1) is 10.1. The second-order valence-electron chi connectivity index (χ2n) is 3.50. The maximum Gasteiger partial charge on any atom is 0.203 e. The van der Waals surface area contributed by atoms with Crippen LogP contribution in [0.15, 0.2) is 6.20 Å². The van der Waals surface area contributed by atoms with E-state index in [0.717, 1.165) is 11.6 Å². The lowest BCUT2D eigenvalue weighted by atomic mass is 10.2. The summed E-state index contributed by atoms with van der Waals surface area (Å²) in [6, 6.07) is 0.536. The second-order valence-corrected chi connectivity index (χ2v) is 3.50. The minimum absolute atomic E-state index is 0.536. The van der Waals surface area contributed by atoms with E-state index < -0.39 is 0 Å². The number of anilines is 1. The Morgan fingerprint density at radius 1 is 1.62 bits per heavy atom. The van der Waals surface area contributed by atoms with Crippen molar-refractivity contribution < 1.29 is 0 Å². The second kappa shape index (κ2) is 4.30. The lowest BCUT2D eigenvalue weighted by molar-refractivity contribution is 0.505. The van der Waals surface area contributed by atoms with Crippen LogP contribution in [0.2, 0.25) is 0 Å². The van der Waals surface area contributed by atoms with Crippen LogP contribution in [0.25, 0.3) is 0 Å². The normalized spacial score (nSPS) is 12.9. The van der Waals surface area contributed by atoms with Crippen molar-refractivity contribution in [1.82, 2.24) is 9.55 Å². The Bertz CT molecular complexity index is 265. The van der Waals surface area contributed by atoms with Crippen molar-refractivity contribution in [3.8, 4) is 0 Å². The van der Waals surface area contributed by atoms with Crippen LogP contribution in [0.1, 0.15) is 38.4 Å². The molecule has 74 valence electrons. The van der Waals surface area contributed by atoms with Crippen molar-refractivity contribution in [2.45, 2.75) is 39.7 Å². The summed E-state index contributed by atoms with van der Waals surface area (Å²) in [7, 11) is 1.91. The molecule has 0 spiro atoms. The number of aryl methyl sites for hydroxylation is 1. The van der Waals surface area contributed by atoms with Crippen molar-refractivity contribution in [1.29, 1.82) is 0 Å². The largest absolute Gasteiger partial charge is 0.359 e. The Kier molecular flexibility index (Phi) is 3.34. The van der Waals surface area contributed by atoms with Crippen LogP contribution >= 0.6 is 0 Å². The van der Waals surface area contributed by atoms with Gasteiger partial charge in [-0.3, -0.25) is 0 Å². The van der Waals surface area contributed by atoms with Crippen molar-refractivity contribution in [2.24, 2.45) is 0 Å². The molecule has 0 aliphatic heterocycles. The van der Waals surface area contributed by atoms with E-state index in [1.807, 2.05) is 14.0 Å². The van der Waals surface area contributed by atoms with E-state index in [2.05, 4.69) is 34.9 Å². The summed E-state index contributed by atoms with van der Waals surface area (Å²) in [5.41, 5.74) is 1.08. The molecule has 0 saturated heterocycles. The first-order valence-corrected chi connectivity index (χ1v) is 4.92. The molecule has 0 aliphatic carbocycles. The van der Waals surface area contributed by atoms with Gasteiger partial charge < -0.3 is 9.88 Å². The number of nitrogens with zero attached hydrogens (tertiary/aromatic N) is 2. The van der Waals surface area contributed by atoms with Gasteiger partial charge in [0.15, 0.2) is 0 Å². The molecule has 1 N–H and O–H groups in total. The van der Waals surface area contributed by atoms with E-state index in [-0.39, 0.29) is 0 Å². The molecular weight excluding hydrogens is 162 g/mol. The predicted molar refractivity (Wildman–Crippen MR) is 56.1 cm³/mol. The van der Waals surface area contributed by atoms with Crippen LogP contribution < -0.4 is 5.32 Å². The van der Waals surface area contributed by atoms with Gasteiger partial charge in [-0.05, 0) is 20.3 Å². The van der Waals surface area contributed by atoms with Gasteiger partial charge in [-0.2, -0.15) is 0 Å². The van der Waals surface area contributed by atoms with Gasteiger partial charge in [-0.1, -0.05) is 13.3 Å². The van der Waals surface area contributed by atoms with Gasteiger partial charge in [0.1, 0.15) is 0 Å². The summed E-state index contributed by atoms with van der Waals surface area (Å²) in [5.74, 6) is 0.971. The molecule has 0 aliphatic rings. The first-order valence-electron chi connectivity index (χ1n) is 4.92. The molecule has 1 heterocycles. The van der Waals surface area contributed by atoms with Crippen LogP contribution in [0.3, 0.4) is 0 Å². The number of hydrogen-bond donors (Lipinski definition) is 1. The van der Waals surface area contributed by atoms with Gasteiger partial charge in [0.25, 0.3) is 0 Å². The van der Waals surface area contributed by atoms with Crippen LogP contribution in [-0.4, -0.2) is 16.6 Å². The summed E-state index contributed by atoms with van der Waals surface area (Å²) in [5, 5.41) is 3.11. The molecule has 3 heteroatoms. The molecule has 1 aromatic heterocycles.